The number of benzene rings is 1. The predicted molar refractivity (Wildman–Crippen MR) is 77.4 cm³/mol. The number of hydrogen-bond acceptors (Lipinski definition) is 6. The van der Waals surface area contributed by atoms with Gasteiger partial charge in [-0.25, -0.2) is 4.79 Å². The van der Waals surface area contributed by atoms with Crippen LogP contribution in [0.4, 0.5) is 0 Å². The summed E-state index contributed by atoms with van der Waals surface area (Å²) < 4.78 is 9.75. The van der Waals surface area contributed by atoms with Crippen molar-refractivity contribution in [2.45, 2.75) is 13.8 Å². The van der Waals surface area contributed by atoms with E-state index in [2.05, 4.69) is 6.58 Å². The molecule has 0 aliphatic carbocycles. The number of hydrogen-bond donors (Lipinski definition) is 0. The van der Waals surface area contributed by atoms with Crippen LogP contribution in [0.25, 0.3) is 0 Å². The van der Waals surface area contributed by atoms with Gasteiger partial charge in [-0.15, -0.1) is 0 Å². The van der Waals surface area contributed by atoms with Gasteiger partial charge in [-0.1, -0.05) is 6.58 Å². The smallest absolute Gasteiger partial charge is 0.333 e. The minimum Gasteiger partial charge on any atom is -0.461 e. The molecule has 0 aliphatic rings. The molecule has 0 amide bonds. The molecule has 116 valence electrons. The summed E-state index contributed by atoms with van der Waals surface area (Å²) in [4.78, 5) is 45.1. The van der Waals surface area contributed by atoms with E-state index in [1.165, 1.54) is 38.1 Å². The fourth-order valence-corrected chi connectivity index (χ4v) is 1.40. The lowest BCUT2D eigenvalue weighted by Gasteiger charge is -2.11. The average molecular weight is 304 g/mol. The monoisotopic (exact) mass is 304 g/mol. The maximum atomic E-state index is 11.8. The predicted octanol–water partition coefficient (Wildman–Crippen LogP) is 1.73. The van der Waals surface area contributed by atoms with Crippen molar-refractivity contribution in [3.8, 4) is 5.75 Å². The van der Waals surface area contributed by atoms with Crippen LogP contribution in [0.1, 0.15) is 24.2 Å². The summed E-state index contributed by atoms with van der Waals surface area (Å²) in [7, 11) is 0. The molecule has 1 aromatic rings. The minimum absolute atomic E-state index is 0.115. The summed E-state index contributed by atoms with van der Waals surface area (Å²) in [6.45, 7) is 5.84. The normalized spacial score (nSPS) is 11.2. The van der Waals surface area contributed by atoms with Crippen LogP contribution in [0, 0.1) is 5.92 Å². The van der Waals surface area contributed by atoms with Gasteiger partial charge >= 0.3 is 11.9 Å². The van der Waals surface area contributed by atoms with Gasteiger partial charge in [-0.2, -0.15) is 0 Å². The maximum absolute atomic E-state index is 11.8. The molecule has 1 unspecified atom stereocenters. The molecule has 0 saturated heterocycles. The highest BCUT2D eigenvalue weighted by Gasteiger charge is 2.22. The molecule has 1 aromatic carbocycles. The van der Waals surface area contributed by atoms with Crippen LogP contribution in [-0.4, -0.2) is 30.6 Å². The Labute approximate surface area is 127 Å². The van der Waals surface area contributed by atoms with Crippen LogP contribution < -0.4 is 4.74 Å². The lowest BCUT2D eigenvalue weighted by Crippen LogP contribution is -2.27. The third kappa shape index (κ3) is 4.97. The quantitative estimate of drug-likeness (QED) is 0.190. The zero-order valence-corrected chi connectivity index (χ0v) is 12.3. The molecular weight excluding hydrogens is 288 g/mol. The number of esters is 2. The highest BCUT2D eigenvalue weighted by Crippen LogP contribution is 2.14. The standard InChI is InChI=1S/C16H16O6/c1-10(2)15(19)21-9-13(8-17)16(20)22-14-6-4-12(5-7-14)11(3)18/h4-8,13H,1,9H2,2-3H3. The Morgan fingerprint density at radius 1 is 1.18 bits per heavy atom. The van der Waals surface area contributed by atoms with Crippen LogP contribution in [0.15, 0.2) is 36.4 Å². The number of rotatable bonds is 7. The summed E-state index contributed by atoms with van der Waals surface area (Å²) in [5.41, 5.74) is 0.639. The van der Waals surface area contributed by atoms with Crippen LogP contribution >= 0.6 is 0 Å². The first-order valence-corrected chi connectivity index (χ1v) is 6.45. The van der Waals surface area contributed by atoms with E-state index < -0.39 is 24.5 Å². The summed E-state index contributed by atoms with van der Waals surface area (Å²) >= 11 is 0. The van der Waals surface area contributed by atoms with Gasteiger partial charge in [-0.3, -0.25) is 9.59 Å². The number of ether oxygens (including phenoxy) is 2. The molecule has 0 spiro atoms. The lowest BCUT2D eigenvalue weighted by molar-refractivity contribution is -0.148. The van der Waals surface area contributed by atoms with Crippen molar-refractivity contribution < 1.29 is 28.7 Å². The molecular formula is C16H16O6. The Hall–Kier alpha value is -2.76. The highest BCUT2D eigenvalue weighted by molar-refractivity contribution is 5.94. The second-order valence-corrected chi connectivity index (χ2v) is 4.62. The van der Waals surface area contributed by atoms with Crippen LogP contribution in [-0.2, 0) is 19.1 Å². The van der Waals surface area contributed by atoms with Gasteiger partial charge in [0.2, 0.25) is 0 Å². The molecule has 6 heteroatoms. The number of ketones is 1. The van der Waals surface area contributed by atoms with Gasteiger partial charge in [0.15, 0.2) is 5.78 Å². The third-order valence-corrected chi connectivity index (χ3v) is 2.69. The Kier molecular flexibility index (Phi) is 6.19. The number of carbonyl (C=O) groups is 4. The first-order chi connectivity index (χ1) is 10.3. The summed E-state index contributed by atoms with van der Waals surface area (Å²) in [5.74, 6) is -2.69. The highest BCUT2D eigenvalue weighted by atomic mass is 16.6. The van der Waals surface area contributed by atoms with E-state index in [0.29, 0.717) is 11.8 Å². The van der Waals surface area contributed by atoms with E-state index in [1.807, 2.05) is 0 Å². The second kappa shape index (κ2) is 7.87. The summed E-state index contributed by atoms with van der Waals surface area (Å²) in [6, 6.07) is 5.89. The van der Waals surface area contributed by atoms with Crippen LogP contribution in [0.2, 0.25) is 0 Å². The molecule has 1 rings (SSSR count). The summed E-state index contributed by atoms with van der Waals surface area (Å²) in [5, 5.41) is 0. The van der Waals surface area contributed by atoms with E-state index in [1.54, 1.807) is 0 Å². The van der Waals surface area contributed by atoms with Gasteiger partial charge in [0.25, 0.3) is 0 Å². The molecule has 0 N–H and O–H groups in total. The van der Waals surface area contributed by atoms with Crippen molar-refractivity contribution in [2.24, 2.45) is 5.92 Å². The lowest BCUT2D eigenvalue weighted by atomic mass is 10.1. The fourth-order valence-electron chi connectivity index (χ4n) is 1.40. The van der Waals surface area contributed by atoms with Gasteiger partial charge in [0.1, 0.15) is 24.6 Å². The SMILES string of the molecule is C=C(C)C(=O)OCC(C=O)C(=O)Oc1ccc(C(C)=O)cc1. The fraction of sp³-hybridized carbons (Fsp3) is 0.250. The molecule has 22 heavy (non-hydrogen) atoms. The Morgan fingerprint density at radius 3 is 2.23 bits per heavy atom. The van der Waals surface area contributed by atoms with Crippen molar-refractivity contribution in [3.05, 3.63) is 42.0 Å². The Balaban J connectivity index is 2.64. The van der Waals surface area contributed by atoms with E-state index in [4.69, 9.17) is 9.47 Å². The average Bonchev–Trinajstić information content (AvgIpc) is 2.48. The van der Waals surface area contributed by atoms with Gasteiger partial charge < -0.3 is 14.3 Å². The van der Waals surface area contributed by atoms with E-state index >= 15 is 0 Å². The molecule has 6 nitrogen and oxygen atoms in total. The van der Waals surface area contributed by atoms with Crippen molar-refractivity contribution in [1.29, 1.82) is 0 Å². The Bertz CT molecular complexity index is 600. The summed E-state index contributed by atoms with van der Waals surface area (Å²) in [6.07, 6.45) is 0.345. The Morgan fingerprint density at radius 2 is 1.77 bits per heavy atom. The van der Waals surface area contributed by atoms with E-state index in [9.17, 15) is 19.2 Å². The zero-order chi connectivity index (χ0) is 16.7. The van der Waals surface area contributed by atoms with Gasteiger partial charge in [-0.05, 0) is 38.1 Å². The van der Waals surface area contributed by atoms with Crippen molar-refractivity contribution >= 4 is 24.0 Å². The number of Topliss-reactive ketones (excluding diaryl/α,β-unsaturated/α-hetero) is 1. The first-order valence-electron chi connectivity index (χ1n) is 6.45. The molecule has 0 aliphatic heterocycles. The van der Waals surface area contributed by atoms with E-state index in [0.717, 1.165) is 0 Å². The maximum Gasteiger partial charge on any atom is 0.333 e. The molecule has 0 bridgehead atoms. The van der Waals surface area contributed by atoms with Crippen molar-refractivity contribution in [3.63, 3.8) is 0 Å². The zero-order valence-electron chi connectivity index (χ0n) is 12.3. The number of carbonyl (C=O) groups excluding carboxylic acids is 4. The largest absolute Gasteiger partial charge is 0.461 e. The molecule has 0 heterocycles. The number of aldehydes is 1. The van der Waals surface area contributed by atoms with Crippen molar-refractivity contribution in [1.82, 2.24) is 0 Å². The third-order valence-electron chi connectivity index (χ3n) is 2.69. The molecule has 0 saturated carbocycles. The molecule has 0 radical (unpaired) electrons. The topological polar surface area (TPSA) is 86.7 Å². The minimum atomic E-state index is -1.23. The van der Waals surface area contributed by atoms with Crippen LogP contribution in [0.3, 0.4) is 0 Å². The second-order valence-electron chi connectivity index (χ2n) is 4.62. The molecule has 0 aromatic heterocycles. The van der Waals surface area contributed by atoms with E-state index in [-0.39, 0.29) is 17.1 Å². The van der Waals surface area contributed by atoms with Gasteiger partial charge in [0, 0.05) is 11.1 Å². The first kappa shape index (κ1) is 17.3. The molecule has 1 atom stereocenters. The van der Waals surface area contributed by atoms with Crippen LogP contribution in [0.5, 0.6) is 5.75 Å². The van der Waals surface area contributed by atoms with Gasteiger partial charge in [0.05, 0.1) is 0 Å². The molecule has 0 fully saturated rings. The van der Waals surface area contributed by atoms with Crippen molar-refractivity contribution in [2.75, 3.05) is 6.61 Å².